The second kappa shape index (κ2) is 4.78. The van der Waals surface area contributed by atoms with Gasteiger partial charge in [-0.2, -0.15) is 0 Å². The largest absolute Gasteiger partial charge is 0.358 e. The minimum atomic E-state index is -0.137. The first-order chi connectivity index (χ1) is 7.27. The van der Waals surface area contributed by atoms with E-state index in [1.54, 1.807) is 6.20 Å². The van der Waals surface area contributed by atoms with E-state index in [1.165, 1.54) is 0 Å². The average Bonchev–Trinajstić information content (AvgIpc) is 2.24. The summed E-state index contributed by atoms with van der Waals surface area (Å²) in [5.41, 5.74) is 0. The topological polar surface area (TPSA) is 54.0 Å². The van der Waals surface area contributed by atoms with Crippen LogP contribution in [-0.2, 0) is 4.79 Å². The maximum atomic E-state index is 11.5. The highest BCUT2D eigenvalue weighted by atomic mass is 127. The SMILES string of the molecule is O=C1NCCCC1Nc1ncccc1I. The number of nitrogens with zero attached hydrogens (tertiary/aromatic N) is 1. The lowest BCUT2D eigenvalue weighted by Gasteiger charge is -2.23. The van der Waals surface area contributed by atoms with Gasteiger partial charge in [-0.05, 0) is 47.6 Å². The van der Waals surface area contributed by atoms with Gasteiger partial charge in [0.15, 0.2) is 0 Å². The highest BCUT2D eigenvalue weighted by Gasteiger charge is 2.22. The molecule has 1 aromatic heterocycles. The average molecular weight is 317 g/mol. The predicted octanol–water partition coefficient (Wildman–Crippen LogP) is 1.38. The maximum absolute atomic E-state index is 11.5. The molecule has 1 aromatic rings. The number of anilines is 1. The van der Waals surface area contributed by atoms with Crippen LogP contribution in [0.5, 0.6) is 0 Å². The van der Waals surface area contributed by atoms with Crippen molar-refractivity contribution in [3.05, 3.63) is 21.9 Å². The Bertz CT molecular complexity index is 369. The third-order valence-electron chi connectivity index (χ3n) is 2.35. The molecule has 1 unspecified atom stereocenters. The number of pyridine rings is 1. The fourth-order valence-electron chi connectivity index (χ4n) is 1.57. The van der Waals surface area contributed by atoms with Gasteiger partial charge in [-0.25, -0.2) is 4.98 Å². The Morgan fingerprint density at radius 3 is 3.20 bits per heavy atom. The zero-order valence-electron chi connectivity index (χ0n) is 8.16. The summed E-state index contributed by atoms with van der Waals surface area (Å²) in [7, 11) is 0. The maximum Gasteiger partial charge on any atom is 0.242 e. The van der Waals surface area contributed by atoms with Crippen molar-refractivity contribution in [2.45, 2.75) is 18.9 Å². The number of hydrogen-bond acceptors (Lipinski definition) is 3. The number of amides is 1. The van der Waals surface area contributed by atoms with Gasteiger partial charge in [0.1, 0.15) is 11.9 Å². The molecule has 1 atom stereocenters. The highest BCUT2D eigenvalue weighted by molar-refractivity contribution is 14.1. The molecule has 1 fully saturated rings. The Labute approximate surface area is 102 Å². The molecule has 1 aliphatic heterocycles. The molecule has 2 rings (SSSR count). The van der Waals surface area contributed by atoms with Gasteiger partial charge >= 0.3 is 0 Å². The minimum Gasteiger partial charge on any atom is -0.358 e. The van der Waals surface area contributed by atoms with Crippen LogP contribution in [0, 0.1) is 3.57 Å². The van der Waals surface area contributed by atoms with Crippen molar-refractivity contribution < 1.29 is 4.79 Å². The van der Waals surface area contributed by atoms with Crippen LogP contribution >= 0.6 is 22.6 Å². The molecule has 0 aliphatic carbocycles. The van der Waals surface area contributed by atoms with Crippen LogP contribution in [-0.4, -0.2) is 23.5 Å². The lowest BCUT2D eigenvalue weighted by Crippen LogP contribution is -2.44. The minimum absolute atomic E-state index is 0.0719. The summed E-state index contributed by atoms with van der Waals surface area (Å²) in [6.07, 6.45) is 3.62. The van der Waals surface area contributed by atoms with E-state index in [0.717, 1.165) is 28.8 Å². The van der Waals surface area contributed by atoms with E-state index >= 15 is 0 Å². The summed E-state index contributed by atoms with van der Waals surface area (Å²) in [5, 5.41) is 6.01. The van der Waals surface area contributed by atoms with Gasteiger partial charge in [0.05, 0.1) is 3.57 Å². The standard InChI is InChI=1S/C10H12IN3O/c11-7-3-1-5-12-9(7)14-8-4-2-6-13-10(8)15/h1,3,5,8H,2,4,6H2,(H,12,14)(H,13,15). The van der Waals surface area contributed by atoms with Crippen molar-refractivity contribution in [3.8, 4) is 0 Å². The molecule has 15 heavy (non-hydrogen) atoms. The third kappa shape index (κ3) is 2.58. The molecule has 0 saturated carbocycles. The Kier molecular flexibility index (Phi) is 3.40. The van der Waals surface area contributed by atoms with Crippen molar-refractivity contribution in [2.75, 3.05) is 11.9 Å². The highest BCUT2D eigenvalue weighted by Crippen LogP contribution is 2.17. The van der Waals surface area contributed by atoms with Gasteiger partial charge in [0.25, 0.3) is 0 Å². The van der Waals surface area contributed by atoms with Crippen LogP contribution in [0.3, 0.4) is 0 Å². The summed E-state index contributed by atoms with van der Waals surface area (Å²) < 4.78 is 1.04. The van der Waals surface area contributed by atoms with Crippen LogP contribution in [0.2, 0.25) is 0 Å². The van der Waals surface area contributed by atoms with Gasteiger partial charge < -0.3 is 10.6 Å². The molecule has 2 N–H and O–H groups in total. The van der Waals surface area contributed by atoms with Gasteiger partial charge in [0.2, 0.25) is 5.91 Å². The zero-order valence-corrected chi connectivity index (χ0v) is 10.3. The number of piperidine rings is 1. The number of carbonyl (C=O) groups excluding carboxylic acids is 1. The molecule has 2 heterocycles. The first-order valence-electron chi connectivity index (χ1n) is 4.92. The van der Waals surface area contributed by atoms with Crippen molar-refractivity contribution in [2.24, 2.45) is 0 Å². The molecule has 1 saturated heterocycles. The molecule has 0 bridgehead atoms. The van der Waals surface area contributed by atoms with E-state index in [0.29, 0.717) is 0 Å². The second-order valence-electron chi connectivity index (χ2n) is 3.46. The van der Waals surface area contributed by atoms with Crippen molar-refractivity contribution >= 4 is 34.3 Å². The second-order valence-corrected chi connectivity index (χ2v) is 4.63. The fraction of sp³-hybridized carbons (Fsp3) is 0.400. The smallest absolute Gasteiger partial charge is 0.242 e. The molecule has 1 aliphatic rings. The quantitative estimate of drug-likeness (QED) is 0.810. The van der Waals surface area contributed by atoms with Crippen molar-refractivity contribution in [1.29, 1.82) is 0 Å². The predicted molar refractivity (Wildman–Crippen MR) is 66.6 cm³/mol. The third-order valence-corrected chi connectivity index (χ3v) is 3.23. The van der Waals surface area contributed by atoms with Crippen LogP contribution < -0.4 is 10.6 Å². The normalized spacial score (nSPS) is 20.9. The zero-order chi connectivity index (χ0) is 10.7. The van der Waals surface area contributed by atoms with E-state index in [2.05, 4.69) is 38.2 Å². The monoisotopic (exact) mass is 317 g/mol. The van der Waals surface area contributed by atoms with E-state index in [4.69, 9.17) is 0 Å². The Morgan fingerprint density at radius 1 is 1.60 bits per heavy atom. The molecule has 1 amide bonds. The van der Waals surface area contributed by atoms with E-state index in [-0.39, 0.29) is 11.9 Å². The van der Waals surface area contributed by atoms with Gasteiger partial charge in [-0.15, -0.1) is 0 Å². The van der Waals surface area contributed by atoms with Crippen LogP contribution in [0.25, 0.3) is 0 Å². The summed E-state index contributed by atoms with van der Waals surface area (Å²) >= 11 is 2.21. The number of carbonyl (C=O) groups is 1. The van der Waals surface area contributed by atoms with Gasteiger partial charge in [-0.1, -0.05) is 0 Å². The molecule has 4 nitrogen and oxygen atoms in total. The molecule has 0 radical (unpaired) electrons. The fourth-order valence-corrected chi connectivity index (χ4v) is 2.07. The number of halogens is 1. The lowest BCUT2D eigenvalue weighted by molar-refractivity contribution is -0.123. The van der Waals surface area contributed by atoms with Gasteiger partial charge in [0, 0.05) is 12.7 Å². The first-order valence-corrected chi connectivity index (χ1v) is 6.00. The van der Waals surface area contributed by atoms with Crippen LogP contribution in [0.4, 0.5) is 5.82 Å². The number of nitrogens with one attached hydrogen (secondary N) is 2. The first kappa shape index (κ1) is 10.7. The summed E-state index contributed by atoms with van der Waals surface area (Å²) in [6, 6.07) is 3.71. The van der Waals surface area contributed by atoms with Gasteiger partial charge in [-0.3, -0.25) is 4.79 Å². The molecule has 0 aromatic carbocycles. The molecule has 0 spiro atoms. The number of hydrogen-bond donors (Lipinski definition) is 2. The number of rotatable bonds is 2. The number of aromatic nitrogens is 1. The van der Waals surface area contributed by atoms with Crippen molar-refractivity contribution in [1.82, 2.24) is 10.3 Å². The van der Waals surface area contributed by atoms with E-state index < -0.39 is 0 Å². The van der Waals surface area contributed by atoms with E-state index in [1.807, 2.05) is 12.1 Å². The summed E-state index contributed by atoms with van der Waals surface area (Å²) in [5.74, 6) is 0.864. The summed E-state index contributed by atoms with van der Waals surface area (Å²) in [4.78, 5) is 15.7. The molecular weight excluding hydrogens is 305 g/mol. The molecule has 80 valence electrons. The molecular formula is C10H12IN3O. The molecule has 5 heteroatoms. The Morgan fingerprint density at radius 2 is 2.47 bits per heavy atom. The Balaban J connectivity index is 2.08. The van der Waals surface area contributed by atoms with Crippen LogP contribution in [0.1, 0.15) is 12.8 Å². The lowest BCUT2D eigenvalue weighted by atomic mass is 10.1. The van der Waals surface area contributed by atoms with Crippen LogP contribution in [0.15, 0.2) is 18.3 Å². The van der Waals surface area contributed by atoms with Crippen molar-refractivity contribution in [3.63, 3.8) is 0 Å². The van der Waals surface area contributed by atoms with E-state index in [9.17, 15) is 4.79 Å². The Hall–Kier alpha value is -0.850. The summed E-state index contributed by atoms with van der Waals surface area (Å²) in [6.45, 7) is 0.788.